The van der Waals surface area contributed by atoms with E-state index in [0.717, 1.165) is 22.3 Å². The number of amides is 2. The Morgan fingerprint density at radius 1 is 1.13 bits per heavy atom. The van der Waals surface area contributed by atoms with Crippen LogP contribution in [-0.4, -0.2) is 28.1 Å². The van der Waals surface area contributed by atoms with Crippen LogP contribution in [0, 0.1) is 23.7 Å². The molecule has 0 aromatic heterocycles. The molecule has 4 aliphatic rings. The van der Waals surface area contributed by atoms with E-state index in [9.17, 15) is 14.7 Å². The lowest BCUT2D eigenvalue weighted by molar-refractivity contribution is -0.140. The summed E-state index contributed by atoms with van der Waals surface area (Å²) in [7, 11) is 0. The summed E-state index contributed by atoms with van der Waals surface area (Å²) in [5.41, 5.74) is 0.455. The van der Waals surface area contributed by atoms with E-state index in [1.165, 1.54) is 12.3 Å². The third-order valence-corrected chi connectivity index (χ3v) is 5.53. The van der Waals surface area contributed by atoms with Crippen LogP contribution in [0.3, 0.4) is 0 Å². The second-order valence-corrected chi connectivity index (χ2v) is 7.19. The van der Waals surface area contributed by atoms with E-state index < -0.39 is 0 Å². The third kappa shape index (κ3) is 2.24. The van der Waals surface area contributed by atoms with Gasteiger partial charge in [-0.15, -0.1) is 0 Å². The van der Waals surface area contributed by atoms with E-state index in [1.54, 1.807) is 12.1 Å². The highest BCUT2D eigenvalue weighted by Crippen LogP contribution is 2.49. The summed E-state index contributed by atoms with van der Waals surface area (Å²) in [5.74, 6) is -0.606. The minimum Gasteiger partial charge on any atom is -0.507 e. The average molecular weight is 375 g/mol. The predicted octanol–water partition coefficient (Wildman–Crippen LogP) is 2.69. The maximum Gasteiger partial charge on any atom is 0.254 e. The number of imide groups is 1. The Bertz CT molecular complexity index is 726. The molecular formula is C17H15BrN2O3. The molecule has 2 bridgehead atoms. The first kappa shape index (κ1) is 14.6. The van der Waals surface area contributed by atoms with E-state index in [-0.39, 0.29) is 41.2 Å². The van der Waals surface area contributed by atoms with Crippen LogP contribution >= 0.6 is 15.9 Å². The molecule has 4 atom stereocenters. The molecule has 2 amide bonds. The first-order chi connectivity index (χ1) is 11.1. The highest BCUT2D eigenvalue weighted by atomic mass is 79.9. The second-order valence-electron chi connectivity index (χ2n) is 6.28. The van der Waals surface area contributed by atoms with Crippen molar-refractivity contribution in [2.75, 3.05) is 0 Å². The van der Waals surface area contributed by atoms with E-state index in [1.807, 2.05) is 0 Å². The summed E-state index contributed by atoms with van der Waals surface area (Å²) < 4.78 is 0.784. The normalized spacial score (nSPS) is 32.1. The second kappa shape index (κ2) is 5.30. The fourth-order valence-corrected chi connectivity index (χ4v) is 4.30. The molecule has 5 nitrogen and oxygen atoms in total. The number of nitrogens with zero attached hydrogens (tertiary/aromatic N) is 2. The van der Waals surface area contributed by atoms with E-state index in [0.29, 0.717) is 5.56 Å². The molecule has 23 heavy (non-hydrogen) atoms. The molecule has 1 heterocycles. The molecule has 2 fully saturated rings. The average Bonchev–Trinajstić information content (AvgIpc) is 2.83. The number of aromatic hydroxyl groups is 1. The van der Waals surface area contributed by atoms with Crippen LogP contribution in [0.1, 0.15) is 18.4 Å². The molecule has 5 rings (SSSR count). The van der Waals surface area contributed by atoms with Crippen molar-refractivity contribution in [2.45, 2.75) is 12.8 Å². The van der Waals surface area contributed by atoms with Gasteiger partial charge in [0.05, 0.1) is 18.1 Å². The van der Waals surface area contributed by atoms with Gasteiger partial charge in [-0.1, -0.05) is 28.1 Å². The van der Waals surface area contributed by atoms with Crippen molar-refractivity contribution in [3.63, 3.8) is 0 Å². The molecule has 118 valence electrons. The molecule has 0 unspecified atom stereocenters. The molecule has 1 saturated carbocycles. The standard InChI is InChI=1S/C17H15BrN2O3/c18-12-5-6-13(21)11(7-12)8-19-20-16(22)14-9-1-2-10(4-3-9)15(14)17(20)23/h1-2,5-10,14-15,21H,3-4H2/b19-8-/t9-,10-,14-,15-/m0/s1. The number of hydrazone groups is 1. The maximum absolute atomic E-state index is 12.6. The minimum absolute atomic E-state index is 0.0511. The van der Waals surface area contributed by atoms with Gasteiger partial charge in [-0.05, 0) is 42.9 Å². The Morgan fingerprint density at radius 3 is 2.30 bits per heavy atom. The monoisotopic (exact) mass is 374 g/mol. The number of carbonyl (C=O) groups excluding carboxylic acids is 2. The summed E-state index contributed by atoms with van der Waals surface area (Å²) in [6.07, 6.45) is 7.45. The number of halogens is 1. The van der Waals surface area contributed by atoms with Gasteiger partial charge in [0, 0.05) is 10.0 Å². The lowest BCUT2D eigenvalue weighted by Crippen LogP contribution is -2.38. The predicted molar refractivity (Wildman–Crippen MR) is 87.6 cm³/mol. The van der Waals surface area contributed by atoms with Crippen molar-refractivity contribution in [2.24, 2.45) is 28.8 Å². The van der Waals surface area contributed by atoms with Crippen LogP contribution in [0.4, 0.5) is 0 Å². The molecule has 1 aromatic rings. The fourth-order valence-electron chi connectivity index (χ4n) is 3.92. The molecule has 6 heteroatoms. The van der Waals surface area contributed by atoms with Crippen molar-refractivity contribution < 1.29 is 14.7 Å². The summed E-state index contributed by atoms with van der Waals surface area (Å²) in [6.45, 7) is 0. The molecule has 1 aliphatic heterocycles. The van der Waals surface area contributed by atoms with E-state index in [4.69, 9.17) is 0 Å². The molecule has 3 aliphatic carbocycles. The van der Waals surface area contributed by atoms with Crippen LogP contribution in [0.15, 0.2) is 39.9 Å². The van der Waals surface area contributed by atoms with Gasteiger partial charge in [0.25, 0.3) is 11.8 Å². The van der Waals surface area contributed by atoms with E-state index in [2.05, 4.69) is 33.2 Å². The van der Waals surface area contributed by atoms with Crippen LogP contribution < -0.4 is 0 Å². The topological polar surface area (TPSA) is 70.0 Å². The first-order valence-electron chi connectivity index (χ1n) is 7.65. The van der Waals surface area contributed by atoms with Gasteiger partial charge in [-0.2, -0.15) is 10.1 Å². The lowest BCUT2D eigenvalue weighted by atomic mass is 9.63. The van der Waals surface area contributed by atoms with Gasteiger partial charge in [0.15, 0.2) is 0 Å². The number of benzene rings is 1. The highest BCUT2D eigenvalue weighted by molar-refractivity contribution is 9.10. The number of hydrogen-bond donors (Lipinski definition) is 1. The summed E-state index contributed by atoms with van der Waals surface area (Å²) in [5, 5.41) is 14.9. The summed E-state index contributed by atoms with van der Waals surface area (Å²) in [6, 6.07) is 4.92. The number of phenols is 1. The Hall–Kier alpha value is -1.95. The zero-order valence-corrected chi connectivity index (χ0v) is 13.8. The summed E-state index contributed by atoms with van der Waals surface area (Å²) >= 11 is 3.32. The summed E-state index contributed by atoms with van der Waals surface area (Å²) in [4.78, 5) is 25.2. The van der Waals surface area contributed by atoms with Gasteiger partial charge in [-0.3, -0.25) is 9.59 Å². The lowest BCUT2D eigenvalue weighted by Gasteiger charge is -2.37. The van der Waals surface area contributed by atoms with Gasteiger partial charge in [0.1, 0.15) is 5.75 Å². The van der Waals surface area contributed by atoms with Gasteiger partial charge < -0.3 is 5.11 Å². The fraction of sp³-hybridized carbons (Fsp3) is 0.353. The molecular weight excluding hydrogens is 360 g/mol. The third-order valence-electron chi connectivity index (χ3n) is 5.04. The number of phenolic OH excluding ortho intramolecular Hbond substituents is 1. The Labute approximate surface area is 141 Å². The molecule has 1 aromatic carbocycles. The molecule has 0 spiro atoms. The van der Waals surface area contributed by atoms with Gasteiger partial charge in [-0.25, -0.2) is 0 Å². The molecule has 1 saturated heterocycles. The zero-order chi connectivity index (χ0) is 16.1. The molecule has 0 radical (unpaired) electrons. The van der Waals surface area contributed by atoms with E-state index >= 15 is 0 Å². The SMILES string of the molecule is O=C1[C@@H]2[C@@H](C(=O)N1/N=C\c1cc(Br)ccc1O)[C@H]1C=C[C@H]2CC1. The van der Waals surface area contributed by atoms with Crippen molar-refractivity contribution in [3.8, 4) is 5.75 Å². The Morgan fingerprint density at radius 2 is 1.74 bits per heavy atom. The van der Waals surface area contributed by atoms with Crippen LogP contribution in [0.2, 0.25) is 0 Å². The van der Waals surface area contributed by atoms with Crippen LogP contribution in [-0.2, 0) is 9.59 Å². The maximum atomic E-state index is 12.6. The first-order valence-corrected chi connectivity index (χ1v) is 8.44. The van der Waals surface area contributed by atoms with Gasteiger partial charge in [0.2, 0.25) is 0 Å². The highest BCUT2D eigenvalue weighted by Gasteiger charge is 2.56. The van der Waals surface area contributed by atoms with Crippen molar-refractivity contribution >= 4 is 34.0 Å². The Balaban J connectivity index is 1.63. The number of fused-ring (bicyclic) bond motifs is 1. The quantitative estimate of drug-likeness (QED) is 0.491. The van der Waals surface area contributed by atoms with Crippen LogP contribution in [0.5, 0.6) is 5.75 Å². The number of hydrogen-bond acceptors (Lipinski definition) is 4. The van der Waals surface area contributed by atoms with Gasteiger partial charge >= 0.3 is 0 Å². The number of allylic oxidation sites excluding steroid dienone is 2. The van der Waals surface area contributed by atoms with Crippen LogP contribution in [0.25, 0.3) is 0 Å². The Kier molecular flexibility index (Phi) is 3.37. The zero-order valence-electron chi connectivity index (χ0n) is 12.2. The number of rotatable bonds is 2. The molecule has 1 N–H and O–H groups in total. The smallest absolute Gasteiger partial charge is 0.254 e. The van der Waals surface area contributed by atoms with Crippen molar-refractivity contribution in [1.29, 1.82) is 0 Å². The number of carbonyl (C=O) groups is 2. The van der Waals surface area contributed by atoms with Crippen molar-refractivity contribution in [1.82, 2.24) is 5.01 Å². The minimum atomic E-state index is -0.264. The van der Waals surface area contributed by atoms with Crippen molar-refractivity contribution in [3.05, 3.63) is 40.4 Å². The largest absolute Gasteiger partial charge is 0.507 e.